The molecule has 1 unspecified atom stereocenters. The highest BCUT2D eigenvalue weighted by molar-refractivity contribution is 5.77. The summed E-state index contributed by atoms with van der Waals surface area (Å²) >= 11 is 0. The molecule has 0 saturated carbocycles. The topological polar surface area (TPSA) is 49.8 Å². The molecule has 1 amide bonds. The lowest BCUT2D eigenvalue weighted by Gasteiger charge is -2.28. The number of amides is 1. The number of carbonyl (C=O) groups is 1. The van der Waals surface area contributed by atoms with Gasteiger partial charge in [-0.1, -0.05) is 19.1 Å². The van der Waals surface area contributed by atoms with Crippen LogP contribution in [-0.2, 0) is 16.1 Å². The third-order valence-electron chi connectivity index (χ3n) is 3.15. The Labute approximate surface area is 107 Å². The maximum absolute atomic E-state index is 12.1. The van der Waals surface area contributed by atoms with E-state index < -0.39 is 0 Å². The fraction of sp³-hybridized carbons (Fsp3) is 0.500. The lowest BCUT2D eigenvalue weighted by Crippen LogP contribution is -2.39. The first kappa shape index (κ1) is 12.9. The van der Waals surface area contributed by atoms with Gasteiger partial charge in [0.2, 0.25) is 5.91 Å². The van der Waals surface area contributed by atoms with Crippen LogP contribution in [0.5, 0.6) is 5.75 Å². The number of aromatic hydroxyl groups is 1. The summed E-state index contributed by atoms with van der Waals surface area (Å²) in [5.74, 6) is 0.188. The Bertz CT molecular complexity index is 396. The minimum atomic E-state index is -0.104. The molecule has 1 atom stereocenters. The Hall–Kier alpha value is -1.55. The van der Waals surface area contributed by atoms with Crippen molar-refractivity contribution in [3.8, 4) is 5.75 Å². The fourth-order valence-corrected chi connectivity index (χ4v) is 2.09. The number of phenolic OH excluding ortho intramolecular Hbond substituents is 1. The summed E-state index contributed by atoms with van der Waals surface area (Å²) < 4.78 is 0. The third-order valence-corrected chi connectivity index (χ3v) is 3.15. The molecule has 1 fully saturated rings. The smallest absolute Gasteiger partial charge is 0.249 e. The fourth-order valence-electron chi connectivity index (χ4n) is 2.09. The van der Waals surface area contributed by atoms with Gasteiger partial charge >= 0.3 is 0 Å². The number of hydroxylamine groups is 2. The zero-order chi connectivity index (χ0) is 13.0. The van der Waals surface area contributed by atoms with Crippen LogP contribution in [0.1, 0.15) is 25.3 Å². The van der Waals surface area contributed by atoms with Gasteiger partial charge in [0, 0.05) is 12.5 Å². The van der Waals surface area contributed by atoms with Gasteiger partial charge in [0.25, 0.3) is 0 Å². The second kappa shape index (κ2) is 5.87. The summed E-state index contributed by atoms with van der Waals surface area (Å²) in [6.45, 7) is 3.24. The van der Waals surface area contributed by atoms with E-state index >= 15 is 0 Å². The van der Waals surface area contributed by atoms with Crippen molar-refractivity contribution in [3.05, 3.63) is 29.8 Å². The van der Waals surface area contributed by atoms with E-state index in [-0.39, 0.29) is 17.6 Å². The SMILES string of the molecule is CC(Cc1ccc(O)cc1)C(=O)N1CCCCO1. The second-order valence-electron chi connectivity index (χ2n) is 4.75. The van der Waals surface area contributed by atoms with Gasteiger partial charge in [0.1, 0.15) is 5.75 Å². The predicted octanol–water partition coefficient (Wildman–Crippen LogP) is 2.12. The maximum Gasteiger partial charge on any atom is 0.249 e. The highest BCUT2D eigenvalue weighted by atomic mass is 16.7. The molecule has 0 radical (unpaired) electrons. The van der Waals surface area contributed by atoms with Gasteiger partial charge in [-0.05, 0) is 37.0 Å². The van der Waals surface area contributed by atoms with E-state index in [0.29, 0.717) is 19.6 Å². The van der Waals surface area contributed by atoms with Crippen LogP contribution >= 0.6 is 0 Å². The minimum absolute atomic E-state index is 0.0442. The van der Waals surface area contributed by atoms with Gasteiger partial charge < -0.3 is 5.11 Å². The summed E-state index contributed by atoms with van der Waals surface area (Å²) in [5.41, 5.74) is 1.05. The van der Waals surface area contributed by atoms with E-state index in [4.69, 9.17) is 4.84 Å². The summed E-state index contributed by atoms with van der Waals surface area (Å²) in [7, 11) is 0. The van der Waals surface area contributed by atoms with Crippen LogP contribution < -0.4 is 0 Å². The van der Waals surface area contributed by atoms with Crippen molar-refractivity contribution < 1.29 is 14.7 Å². The molecule has 18 heavy (non-hydrogen) atoms. The van der Waals surface area contributed by atoms with Crippen molar-refractivity contribution in [2.75, 3.05) is 13.2 Å². The minimum Gasteiger partial charge on any atom is -0.508 e. The Morgan fingerprint density at radius 3 is 2.72 bits per heavy atom. The average Bonchev–Trinajstić information content (AvgIpc) is 2.41. The molecule has 1 aliphatic rings. The van der Waals surface area contributed by atoms with Crippen LogP contribution in [0.15, 0.2) is 24.3 Å². The first-order valence-electron chi connectivity index (χ1n) is 6.39. The summed E-state index contributed by atoms with van der Waals surface area (Å²) in [6, 6.07) is 6.97. The van der Waals surface area contributed by atoms with Crippen LogP contribution in [0.3, 0.4) is 0 Å². The average molecular weight is 249 g/mol. The van der Waals surface area contributed by atoms with Crippen LogP contribution in [0.2, 0.25) is 0 Å². The molecule has 0 spiro atoms. The normalized spacial score (nSPS) is 17.5. The Morgan fingerprint density at radius 1 is 1.39 bits per heavy atom. The van der Waals surface area contributed by atoms with Crippen LogP contribution in [-0.4, -0.2) is 29.2 Å². The zero-order valence-electron chi connectivity index (χ0n) is 10.6. The van der Waals surface area contributed by atoms with Gasteiger partial charge in [-0.15, -0.1) is 0 Å². The van der Waals surface area contributed by atoms with Crippen molar-refractivity contribution in [3.63, 3.8) is 0 Å². The number of phenols is 1. The summed E-state index contributed by atoms with van der Waals surface area (Å²) in [4.78, 5) is 17.5. The van der Waals surface area contributed by atoms with E-state index in [1.807, 2.05) is 19.1 Å². The number of rotatable bonds is 3. The Morgan fingerprint density at radius 2 is 2.11 bits per heavy atom. The van der Waals surface area contributed by atoms with E-state index in [1.165, 1.54) is 5.06 Å². The second-order valence-corrected chi connectivity index (χ2v) is 4.75. The molecular formula is C14H19NO3. The molecule has 0 aromatic heterocycles. The monoisotopic (exact) mass is 249 g/mol. The number of benzene rings is 1. The van der Waals surface area contributed by atoms with Crippen molar-refractivity contribution in [2.45, 2.75) is 26.2 Å². The molecule has 2 rings (SSSR count). The molecule has 1 heterocycles. The summed E-state index contributed by atoms with van der Waals surface area (Å²) in [6.07, 6.45) is 2.70. The van der Waals surface area contributed by atoms with E-state index in [2.05, 4.69) is 0 Å². The molecule has 98 valence electrons. The Balaban J connectivity index is 1.92. The first-order chi connectivity index (χ1) is 8.66. The molecule has 4 heteroatoms. The molecule has 1 N–H and O–H groups in total. The molecule has 4 nitrogen and oxygen atoms in total. The van der Waals surface area contributed by atoms with Gasteiger partial charge in [0.15, 0.2) is 0 Å². The molecule has 1 aromatic rings. The van der Waals surface area contributed by atoms with Gasteiger partial charge in [-0.25, -0.2) is 5.06 Å². The van der Waals surface area contributed by atoms with Gasteiger partial charge in [0.05, 0.1) is 6.61 Å². The lowest BCUT2D eigenvalue weighted by atomic mass is 10.00. The van der Waals surface area contributed by atoms with Crippen LogP contribution in [0.4, 0.5) is 0 Å². The predicted molar refractivity (Wildman–Crippen MR) is 67.9 cm³/mol. The molecule has 0 bridgehead atoms. The highest BCUT2D eigenvalue weighted by Crippen LogP contribution is 2.17. The van der Waals surface area contributed by atoms with Crippen LogP contribution in [0.25, 0.3) is 0 Å². The molecule has 1 aromatic carbocycles. The molecule has 1 saturated heterocycles. The number of carbonyl (C=O) groups excluding carboxylic acids is 1. The number of nitrogens with zero attached hydrogens (tertiary/aromatic N) is 1. The van der Waals surface area contributed by atoms with E-state index in [1.54, 1.807) is 12.1 Å². The van der Waals surface area contributed by atoms with Gasteiger partial charge in [-0.2, -0.15) is 0 Å². The quantitative estimate of drug-likeness (QED) is 0.892. The van der Waals surface area contributed by atoms with Crippen molar-refractivity contribution >= 4 is 5.91 Å². The largest absolute Gasteiger partial charge is 0.508 e. The lowest BCUT2D eigenvalue weighted by molar-refractivity contribution is -0.200. The van der Waals surface area contributed by atoms with Gasteiger partial charge in [-0.3, -0.25) is 9.63 Å². The zero-order valence-corrected chi connectivity index (χ0v) is 10.6. The summed E-state index contributed by atoms with van der Waals surface area (Å²) in [5, 5.41) is 10.7. The molecular weight excluding hydrogens is 230 g/mol. The van der Waals surface area contributed by atoms with E-state index in [9.17, 15) is 9.90 Å². The third kappa shape index (κ3) is 3.23. The maximum atomic E-state index is 12.1. The molecule has 0 aliphatic carbocycles. The number of hydrogen-bond donors (Lipinski definition) is 1. The highest BCUT2D eigenvalue weighted by Gasteiger charge is 2.23. The molecule has 1 aliphatic heterocycles. The van der Waals surface area contributed by atoms with E-state index in [0.717, 1.165) is 18.4 Å². The van der Waals surface area contributed by atoms with Crippen molar-refractivity contribution in [2.24, 2.45) is 5.92 Å². The van der Waals surface area contributed by atoms with Crippen molar-refractivity contribution in [1.29, 1.82) is 0 Å². The Kier molecular flexibility index (Phi) is 4.20. The van der Waals surface area contributed by atoms with Crippen LogP contribution in [0, 0.1) is 5.92 Å². The van der Waals surface area contributed by atoms with Crippen molar-refractivity contribution in [1.82, 2.24) is 5.06 Å². The standard InChI is InChI=1S/C14H19NO3/c1-11(10-12-4-6-13(16)7-5-12)14(17)15-8-2-3-9-18-15/h4-7,11,16H,2-3,8-10H2,1H3. The number of hydrogen-bond acceptors (Lipinski definition) is 3. The first-order valence-corrected chi connectivity index (χ1v) is 6.39.